The molecular weight excluding hydrogens is 943 g/mol. The third kappa shape index (κ3) is 16.0. The zero-order chi connectivity index (χ0) is 54.4. The van der Waals surface area contributed by atoms with E-state index in [1.165, 1.54) is 14.0 Å². The van der Waals surface area contributed by atoms with Crippen molar-refractivity contribution in [1.29, 1.82) is 0 Å². The maximum Gasteiger partial charge on any atom is 0.329 e. The van der Waals surface area contributed by atoms with Crippen LogP contribution in [0.3, 0.4) is 0 Å². The fraction of sp³-hybridized carbons (Fsp3) is 0.750. The molecule has 1 amide bonds. The lowest BCUT2D eigenvalue weighted by molar-refractivity contribution is -0.265. The lowest BCUT2D eigenvalue weighted by atomic mass is 9.78. The van der Waals surface area contributed by atoms with Gasteiger partial charge in [-0.2, -0.15) is 0 Å². The summed E-state index contributed by atoms with van der Waals surface area (Å²) in [5.41, 5.74) is -0.365. The van der Waals surface area contributed by atoms with Gasteiger partial charge in [-0.05, 0) is 115 Å². The molecule has 15 atom stereocenters. The molecule has 0 radical (unpaired) electrons. The minimum atomic E-state index is -2.50. The molecule has 2 saturated heterocycles. The quantitative estimate of drug-likeness (QED) is 0.0965. The number of carbonyl (C=O) groups excluding carboxylic acids is 6. The second-order valence-electron chi connectivity index (χ2n) is 22.1. The molecule has 2 bridgehead atoms. The maximum absolute atomic E-state index is 14.5. The third-order valence-electron chi connectivity index (χ3n) is 16.2. The summed E-state index contributed by atoms with van der Waals surface area (Å²) in [6.45, 7) is 11.6. The molecule has 0 spiro atoms. The van der Waals surface area contributed by atoms with Crippen LogP contribution in [0.2, 0.25) is 0 Å². The minimum Gasteiger partial charge on any atom is -0.460 e. The summed E-state index contributed by atoms with van der Waals surface area (Å²) in [4.78, 5) is 85.2. The molecular formula is C56H87NO16. The molecule has 4 aliphatic rings. The standard InChI is InChI=1S/C56H87NO16/c1-33-15-11-10-12-16-34(2)41(29-58)27-42-20-18-39(7)56(69,73-42)51(65)52(66)57-22-14-13-17-44(57)53(67)71-47(28-45(62)35(3)24-38(6)50(64)43(30-59)49(63)37(5)23-33)36(4)25-40-19-21-46(48(26-40)70-9)72-54(68)55(8,31-60)32-61/h10-12,15-16,24,33,35-37,39-44,46-48,50,58-61,64,69H,13-14,17-23,25-32H2,1-9H3/b12-10+,15-11+,34-16+,38-24+/t33-,35+,36-,37-,39+,40+,41+,42-,43+,44+,46-,47+,48+,50+,56+/m0/s1. The molecule has 412 valence electrons. The van der Waals surface area contributed by atoms with E-state index >= 15 is 0 Å². The number of nitrogens with zero attached hydrogens (tertiary/aromatic N) is 1. The van der Waals surface area contributed by atoms with Crippen LogP contribution in [0.4, 0.5) is 0 Å². The van der Waals surface area contributed by atoms with Gasteiger partial charge < -0.3 is 54.5 Å². The molecule has 0 unspecified atom stereocenters. The second kappa shape index (κ2) is 28.3. The number of methoxy groups -OCH3 is 1. The lowest BCUT2D eigenvalue weighted by Gasteiger charge is -2.43. The SMILES string of the molecule is CO[C@@H]1C[C@@H](C[C@H](C)[C@H]2CC(=O)[C@H](C)/C=C(\C)[C@@H](O)[C@H](CO)C(=O)[C@@H](C)C[C@@H](C)/C=C/C=C/C=C(\C)[C@@H](CO)C[C@@H]3CC[C@@H](C)[C@@](O)(O3)C(=O)C(=O)N3CCCC[C@@H]3C(=O)O2)CC[C@@H]1OC(=O)C(C)(CO)CO. The summed E-state index contributed by atoms with van der Waals surface area (Å²) >= 11 is 0. The van der Waals surface area contributed by atoms with Crippen LogP contribution in [0.25, 0.3) is 0 Å². The smallest absolute Gasteiger partial charge is 0.329 e. The number of piperidine rings is 1. The number of cyclic esters (lactones) is 1. The van der Waals surface area contributed by atoms with Gasteiger partial charge in [-0.3, -0.25) is 24.0 Å². The van der Waals surface area contributed by atoms with Gasteiger partial charge in [-0.1, -0.05) is 76.6 Å². The topological polar surface area (TPSA) is 264 Å². The van der Waals surface area contributed by atoms with Gasteiger partial charge in [0.05, 0.1) is 44.1 Å². The van der Waals surface area contributed by atoms with Crippen LogP contribution in [0, 0.1) is 52.8 Å². The molecule has 6 N–H and O–H groups in total. The van der Waals surface area contributed by atoms with E-state index in [2.05, 4.69) is 0 Å². The first-order chi connectivity index (χ1) is 34.5. The second-order valence-corrected chi connectivity index (χ2v) is 22.1. The molecule has 1 saturated carbocycles. The van der Waals surface area contributed by atoms with Crippen molar-refractivity contribution in [3.63, 3.8) is 0 Å². The summed E-state index contributed by atoms with van der Waals surface area (Å²) in [7, 11) is 1.50. The Morgan fingerprint density at radius 3 is 2.22 bits per heavy atom. The van der Waals surface area contributed by atoms with Gasteiger partial charge in [0.25, 0.3) is 11.7 Å². The zero-order valence-corrected chi connectivity index (χ0v) is 44.8. The van der Waals surface area contributed by atoms with Crippen molar-refractivity contribution in [3.05, 3.63) is 47.6 Å². The van der Waals surface area contributed by atoms with Crippen molar-refractivity contribution in [3.8, 4) is 0 Å². The summed E-state index contributed by atoms with van der Waals surface area (Å²) in [5, 5.41) is 63.8. The Morgan fingerprint density at radius 1 is 0.877 bits per heavy atom. The number of carbonyl (C=O) groups is 6. The van der Waals surface area contributed by atoms with Gasteiger partial charge in [0.2, 0.25) is 5.79 Å². The predicted molar refractivity (Wildman–Crippen MR) is 271 cm³/mol. The monoisotopic (exact) mass is 1030 g/mol. The number of Topliss-reactive ketones (excluding diaryl/α,β-unsaturated/α-hetero) is 3. The van der Waals surface area contributed by atoms with E-state index in [1.54, 1.807) is 33.8 Å². The predicted octanol–water partition coefficient (Wildman–Crippen LogP) is 4.91. The highest BCUT2D eigenvalue weighted by Crippen LogP contribution is 2.39. The molecule has 17 nitrogen and oxygen atoms in total. The number of esters is 2. The molecule has 17 heteroatoms. The number of allylic oxidation sites excluding steroid dienone is 6. The lowest BCUT2D eigenvalue weighted by Crippen LogP contribution is -2.60. The number of fused-ring (bicyclic) bond motifs is 3. The van der Waals surface area contributed by atoms with E-state index < -0.39 is 127 Å². The van der Waals surface area contributed by atoms with E-state index in [-0.39, 0.29) is 55.8 Å². The van der Waals surface area contributed by atoms with E-state index in [0.717, 1.165) is 10.5 Å². The summed E-state index contributed by atoms with van der Waals surface area (Å²) in [6.07, 6.45) is 10.7. The molecule has 0 aromatic heterocycles. The minimum absolute atomic E-state index is 0.0249. The fourth-order valence-corrected chi connectivity index (χ4v) is 10.8. The molecule has 3 fully saturated rings. The maximum atomic E-state index is 14.5. The van der Waals surface area contributed by atoms with Gasteiger partial charge in [0.1, 0.15) is 35.2 Å². The molecule has 4 rings (SSSR count). The van der Waals surface area contributed by atoms with Gasteiger partial charge in [0.15, 0.2) is 0 Å². The number of ether oxygens (including phenoxy) is 4. The van der Waals surface area contributed by atoms with Crippen molar-refractivity contribution in [2.75, 3.05) is 40.1 Å². The van der Waals surface area contributed by atoms with Crippen molar-refractivity contribution in [2.45, 2.75) is 175 Å². The Labute approximate surface area is 432 Å². The van der Waals surface area contributed by atoms with E-state index in [9.17, 15) is 59.4 Å². The van der Waals surface area contributed by atoms with Crippen LogP contribution in [0.1, 0.15) is 132 Å². The molecule has 0 aromatic rings. The van der Waals surface area contributed by atoms with Crippen molar-refractivity contribution < 1.29 is 78.4 Å². The van der Waals surface area contributed by atoms with Crippen molar-refractivity contribution >= 4 is 35.2 Å². The van der Waals surface area contributed by atoms with E-state index in [4.69, 9.17) is 18.9 Å². The molecule has 1 aliphatic carbocycles. The number of aliphatic hydroxyl groups excluding tert-OH is 5. The first-order valence-corrected chi connectivity index (χ1v) is 26.6. The summed E-state index contributed by atoms with van der Waals surface area (Å²) in [6, 6.07) is -1.22. The fourth-order valence-electron chi connectivity index (χ4n) is 10.8. The first kappa shape index (κ1) is 61.6. The zero-order valence-electron chi connectivity index (χ0n) is 44.8. The van der Waals surface area contributed by atoms with Crippen LogP contribution >= 0.6 is 0 Å². The highest BCUT2D eigenvalue weighted by Gasteiger charge is 2.53. The first-order valence-electron chi connectivity index (χ1n) is 26.6. The van der Waals surface area contributed by atoms with Gasteiger partial charge in [-0.15, -0.1) is 0 Å². The number of hydrogen-bond acceptors (Lipinski definition) is 16. The molecule has 3 aliphatic heterocycles. The Bertz CT molecular complexity index is 2010. The third-order valence-corrected chi connectivity index (χ3v) is 16.2. The molecule has 73 heavy (non-hydrogen) atoms. The van der Waals surface area contributed by atoms with E-state index in [0.29, 0.717) is 63.4 Å². The Kier molecular flexibility index (Phi) is 23.9. The van der Waals surface area contributed by atoms with Gasteiger partial charge in [-0.25, -0.2) is 4.79 Å². The van der Waals surface area contributed by atoms with Crippen LogP contribution in [0.15, 0.2) is 47.6 Å². The Hall–Kier alpha value is -3.94. The van der Waals surface area contributed by atoms with Crippen LogP contribution in [0.5, 0.6) is 0 Å². The average molecular weight is 1030 g/mol. The van der Waals surface area contributed by atoms with E-state index in [1.807, 2.05) is 51.2 Å². The van der Waals surface area contributed by atoms with Crippen LogP contribution < -0.4 is 0 Å². The van der Waals surface area contributed by atoms with Gasteiger partial charge >= 0.3 is 11.9 Å². The highest BCUT2D eigenvalue weighted by molar-refractivity contribution is 6.39. The number of ketones is 3. The van der Waals surface area contributed by atoms with Crippen molar-refractivity contribution in [1.82, 2.24) is 4.90 Å². The highest BCUT2D eigenvalue weighted by atomic mass is 16.6. The van der Waals surface area contributed by atoms with Crippen LogP contribution in [-0.2, 0) is 47.7 Å². The van der Waals surface area contributed by atoms with Gasteiger partial charge in [0, 0.05) is 50.4 Å². The summed E-state index contributed by atoms with van der Waals surface area (Å²) in [5.74, 6) is -11.3. The molecule has 0 aromatic carbocycles. The largest absolute Gasteiger partial charge is 0.460 e. The number of rotatable bonds is 10. The summed E-state index contributed by atoms with van der Waals surface area (Å²) < 4.78 is 23.9. The normalized spacial score (nSPS) is 37.4. The van der Waals surface area contributed by atoms with Crippen LogP contribution in [-0.4, -0.2) is 153 Å². The number of amides is 1. The number of hydrogen-bond donors (Lipinski definition) is 6. The number of aliphatic hydroxyl groups is 6. The Balaban J connectivity index is 1.69. The Morgan fingerprint density at radius 2 is 1.58 bits per heavy atom. The van der Waals surface area contributed by atoms with Crippen molar-refractivity contribution in [2.24, 2.45) is 52.8 Å². The molecule has 3 heterocycles. The average Bonchev–Trinajstić information content (AvgIpc) is 3.37.